The Morgan fingerprint density at radius 2 is 1.86 bits per heavy atom. The van der Waals surface area contributed by atoms with E-state index in [0.717, 1.165) is 12.0 Å². The summed E-state index contributed by atoms with van der Waals surface area (Å²) >= 11 is 0. The Balaban J connectivity index is 2.37. The van der Waals surface area contributed by atoms with Gasteiger partial charge in [0, 0.05) is 11.6 Å². The molecular weight excluding hydrogens is 280 g/mol. The SMILES string of the molecule is CCOC(=O)[C@H](C)n1nc(-c2ccc(CC)cc2)ccc1=O. The normalized spacial score (nSPS) is 12.0. The quantitative estimate of drug-likeness (QED) is 0.796. The van der Waals surface area contributed by atoms with Crippen LogP contribution in [0.4, 0.5) is 0 Å². The van der Waals surface area contributed by atoms with E-state index in [-0.39, 0.29) is 12.2 Å². The molecule has 0 saturated heterocycles. The van der Waals surface area contributed by atoms with Crippen molar-refractivity contribution in [2.24, 2.45) is 0 Å². The van der Waals surface area contributed by atoms with Crippen LogP contribution in [0.3, 0.4) is 0 Å². The van der Waals surface area contributed by atoms with Crippen molar-refractivity contribution in [2.75, 3.05) is 6.61 Å². The molecule has 0 aliphatic carbocycles. The molecule has 0 amide bonds. The first-order chi connectivity index (χ1) is 10.6. The third-order valence-electron chi connectivity index (χ3n) is 3.48. The first-order valence-corrected chi connectivity index (χ1v) is 7.42. The van der Waals surface area contributed by atoms with E-state index in [1.54, 1.807) is 19.9 Å². The van der Waals surface area contributed by atoms with E-state index in [1.165, 1.54) is 16.3 Å². The van der Waals surface area contributed by atoms with E-state index < -0.39 is 12.0 Å². The van der Waals surface area contributed by atoms with Gasteiger partial charge >= 0.3 is 5.97 Å². The van der Waals surface area contributed by atoms with Crippen molar-refractivity contribution in [3.05, 3.63) is 52.3 Å². The second kappa shape index (κ2) is 7.02. The van der Waals surface area contributed by atoms with E-state index in [2.05, 4.69) is 12.0 Å². The maximum Gasteiger partial charge on any atom is 0.330 e. The summed E-state index contributed by atoms with van der Waals surface area (Å²) in [6.07, 6.45) is 0.965. The summed E-state index contributed by atoms with van der Waals surface area (Å²) in [6, 6.07) is 10.3. The highest BCUT2D eigenvalue weighted by Gasteiger charge is 2.19. The van der Waals surface area contributed by atoms with Crippen molar-refractivity contribution in [1.29, 1.82) is 0 Å². The number of aromatic nitrogens is 2. The van der Waals surface area contributed by atoms with Crippen LogP contribution in [0.2, 0.25) is 0 Å². The highest BCUT2D eigenvalue weighted by Crippen LogP contribution is 2.17. The predicted octanol–water partition coefficient (Wildman–Crippen LogP) is 2.60. The van der Waals surface area contributed by atoms with E-state index in [1.807, 2.05) is 24.3 Å². The fourth-order valence-corrected chi connectivity index (χ4v) is 2.13. The van der Waals surface area contributed by atoms with Crippen LogP contribution in [0, 0.1) is 0 Å². The molecule has 1 heterocycles. The van der Waals surface area contributed by atoms with Crippen LogP contribution in [-0.2, 0) is 16.0 Å². The van der Waals surface area contributed by atoms with Crippen molar-refractivity contribution in [1.82, 2.24) is 9.78 Å². The lowest BCUT2D eigenvalue weighted by molar-refractivity contribution is -0.147. The van der Waals surface area contributed by atoms with Gasteiger partial charge in [-0.1, -0.05) is 31.2 Å². The zero-order chi connectivity index (χ0) is 16.1. The number of carbonyl (C=O) groups is 1. The molecule has 22 heavy (non-hydrogen) atoms. The van der Waals surface area contributed by atoms with Crippen LogP contribution >= 0.6 is 0 Å². The fraction of sp³-hybridized carbons (Fsp3) is 0.353. The van der Waals surface area contributed by atoms with Crippen LogP contribution in [0.5, 0.6) is 0 Å². The third kappa shape index (κ3) is 3.42. The molecule has 0 N–H and O–H groups in total. The maximum absolute atomic E-state index is 11.9. The van der Waals surface area contributed by atoms with Crippen molar-refractivity contribution in [3.63, 3.8) is 0 Å². The molecule has 0 bridgehead atoms. The second-order valence-electron chi connectivity index (χ2n) is 4.98. The molecule has 0 aliphatic rings. The lowest BCUT2D eigenvalue weighted by atomic mass is 10.1. The maximum atomic E-state index is 11.9. The number of rotatable bonds is 5. The standard InChI is InChI=1S/C17H20N2O3/c1-4-13-6-8-14(9-7-13)15-10-11-16(20)19(18-15)12(3)17(21)22-5-2/h6-12H,4-5H2,1-3H3/t12-/m0/s1. The fourth-order valence-electron chi connectivity index (χ4n) is 2.13. The number of benzene rings is 1. The molecule has 5 heteroatoms. The Morgan fingerprint density at radius 3 is 2.45 bits per heavy atom. The molecule has 1 aromatic heterocycles. The van der Waals surface area contributed by atoms with Crippen LogP contribution in [0.15, 0.2) is 41.2 Å². The van der Waals surface area contributed by atoms with E-state index in [9.17, 15) is 9.59 Å². The van der Waals surface area contributed by atoms with Gasteiger partial charge in [0.1, 0.15) is 0 Å². The lowest BCUT2D eigenvalue weighted by Gasteiger charge is -2.13. The number of esters is 1. The number of carbonyl (C=O) groups excluding carboxylic acids is 1. The summed E-state index contributed by atoms with van der Waals surface area (Å²) in [5.74, 6) is -0.462. The molecule has 1 atom stereocenters. The van der Waals surface area contributed by atoms with Crippen molar-refractivity contribution in [3.8, 4) is 11.3 Å². The Hall–Kier alpha value is -2.43. The molecule has 5 nitrogen and oxygen atoms in total. The molecular formula is C17H20N2O3. The average Bonchev–Trinajstić information content (AvgIpc) is 2.55. The zero-order valence-corrected chi connectivity index (χ0v) is 13.1. The van der Waals surface area contributed by atoms with Gasteiger partial charge in [-0.3, -0.25) is 4.79 Å². The van der Waals surface area contributed by atoms with Crippen LogP contribution in [0.1, 0.15) is 32.4 Å². The Bertz CT molecular complexity index is 705. The number of hydrogen-bond donors (Lipinski definition) is 0. The minimum absolute atomic E-state index is 0.274. The van der Waals surface area contributed by atoms with Gasteiger partial charge < -0.3 is 4.74 Å². The van der Waals surface area contributed by atoms with Gasteiger partial charge in [-0.15, -0.1) is 0 Å². The molecule has 0 unspecified atom stereocenters. The molecule has 2 rings (SSSR count). The second-order valence-corrected chi connectivity index (χ2v) is 4.98. The van der Waals surface area contributed by atoms with Gasteiger partial charge in [0.05, 0.1) is 12.3 Å². The predicted molar refractivity (Wildman–Crippen MR) is 84.7 cm³/mol. The summed E-state index contributed by atoms with van der Waals surface area (Å²) < 4.78 is 6.12. The van der Waals surface area contributed by atoms with Crippen molar-refractivity contribution in [2.45, 2.75) is 33.2 Å². The Morgan fingerprint density at radius 1 is 1.18 bits per heavy atom. The van der Waals surface area contributed by atoms with E-state index in [0.29, 0.717) is 5.69 Å². The van der Waals surface area contributed by atoms with E-state index in [4.69, 9.17) is 4.74 Å². The van der Waals surface area contributed by atoms with Crippen molar-refractivity contribution >= 4 is 5.97 Å². The molecule has 0 aliphatic heterocycles. The molecule has 0 radical (unpaired) electrons. The lowest BCUT2D eigenvalue weighted by Crippen LogP contribution is -2.31. The Labute approximate surface area is 129 Å². The Kier molecular flexibility index (Phi) is 5.09. The molecule has 0 fully saturated rings. The average molecular weight is 300 g/mol. The topological polar surface area (TPSA) is 61.2 Å². The van der Waals surface area contributed by atoms with Crippen molar-refractivity contribution < 1.29 is 9.53 Å². The van der Waals surface area contributed by atoms with E-state index >= 15 is 0 Å². The molecule has 116 valence electrons. The zero-order valence-electron chi connectivity index (χ0n) is 13.1. The monoisotopic (exact) mass is 300 g/mol. The molecule has 0 spiro atoms. The van der Waals surface area contributed by atoms with Gasteiger partial charge in [-0.2, -0.15) is 5.10 Å². The minimum atomic E-state index is -0.748. The molecule has 2 aromatic rings. The van der Waals surface area contributed by atoms with Gasteiger partial charge in [-0.25, -0.2) is 9.48 Å². The number of ether oxygens (including phenoxy) is 1. The largest absolute Gasteiger partial charge is 0.464 e. The van der Waals surface area contributed by atoms with Crippen LogP contribution in [-0.4, -0.2) is 22.4 Å². The third-order valence-corrected chi connectivity index (χ3v) is 3.48. The highest BCUT2D eigenvalue weighted by molar-refractivity contribution is 5.73. The van der Waals surface area contributed by atoms with Gasteiger partial charge in [-0.05, 0) is 31.9 Å². The highest BCUT2D eigenvalue weighted by atomic mass is 16.5. The minimum Gasteiger partial charge on any atom is -0.464 e. The number of hydrogen-bond acceptors (Lipinski definition) is 4. The van der Waals surface area contributed by atoms with Gasteiger partial charge in [0.2, 0.25) is 0 Å². The first kappa shape index (κ1) is 15.9. The molecule has 1 aromatic carbocycles. The first-order valence-electron chi connectivity index (χ1n) is 7.42. The molecule has 0 saturated carbocycles. The van der Waals surface area contributed by atoms with Crippen LogP contribution in [0.25, 0.3) is 11.3 Å². The smallest absolute Gasteiger partial charge is 0.330 e. The summed E-state index contributed by atoms with van der Waals surface area (Å²) in [5, 5.41) is 4.30. The number of aryl methyl sites for hydroxylation is 1. The summed E-state index contributed by atoms with van der Waals surface area (Å²) in [7, 11) is 0. The number of nitrogens with zero attached hydrogens (tertiary/aromatic N) is 2. The summed E-state index contributed by atoms with van der Waals surface area (Å²) in [6.45, 7) is 5.70. The van der Waals surface area contributed by atoms with Gasteiger partial charge in [0.15, 0.2) is 6.04 Å². The summed E-state index contributed by atoms with van der Waals surface area (Å²) in [5.41, 5.74) is 2.46. The van der Waals surface area contributed by atoms with Crippen LogP contribution < -0.4 is 5.56 Å². The van der Waals surface area contributed by atoms with Gasteiger partial charge in [0.25, 0.3) is 5.56 Å². The summed E-state index contributed by atoms with van der Waals surface area (Å²) in [4.78, 5) is 23.8.